The zero-order valence-corrected chi connectivity index (χ0v) is 18.8. The zero-order chi connectivity index (χ0) is 26.2. The molecule has 15 atom stereocenters. The van der Waals surface area contributed by atoms with Crippen molar-refractivity contribution in [2.24, 2.45) is 0 Å². The number of hydrogen-bond donors (Lipinski definition) is 9. The normalized spacial score (nSPS) is 51.2. The average Bonchev–Trinajstić information content (AvgIpc) is 2.83. The molecule has 0 aromatic carbocycles. The molecular weight excluding hydrogens is 484 g/mol. The van der Waals surface area contributed by atoms with Gasteiger partial charge in [0, 0.05) is 7.11 Å². The standard InChI is InChI=1S/C19H32O16/c1-4-6(21)8(23)10(25)18(31-4)34-14-13(12(27)17(30-2)35-15(14)16(28)29)33-19-11(26)9(24)7(22)5(3-20)32-19/h4-15,17-27H,3H2,1-2H3,(H,28,29)/t4?,5?,6-,7-,8?,9?,10?,11?,12?,13?,14+,15?,17-,18-,19-/m0/s1. The first kappa shape index (κ1) is 28.5. The maximum Gasteiger partial charge on any atom is 0.335 e. The predicted molar refractivity (Wildman–Crippen MR) is 105 cm³/mol. The van der Waals surface area contributed by atoms with Crippen LogP contribution in [0.1, 0.15) is 6.92 Å². The van der Waals surface area contributed by atoms with Gasteiger partial charge in [0.1, 0.15) is 61.0 Å². The van der Waals surface area contributed by atoms with Crippen molar-refractivity contribution in [3.63, 3.8) is 0 Å². The van der Waals surface area contributed by atoms with Crippen molar-refractivity contribution in [3.05, 3.63) is 0 Å². The number of aliphatic hydroxyl groups excluding tert-OH is 8. The van der Waals surface area contributed by atoms with Crippen LogP contribution in [-0.2, 0) is 33.2 Å². The summed E-state index contributed by atoms with van der Waals surface area (Å²) in [4.78, 5) is 12.0. The Morgan fingerprint density at radius 2 is 1.26 bits per heavy atom. The van der Waals surface area contributed by atoms with E-state index in [0.717, 1.165) is 7.11 Å². The van der Waals surface area contributed by atoms with Crippen molar-refractivity contribution in [1.82, 2.24) is 0 Å². The molecule has 3 heterocycles. The summed E-state index contributed by atoms with van der Waals surface area (Å²) < 4.78 is 32.0. The van der Waals surface area contributed by atoms with E-state index in [2.05, 4.69) is 0 Å². The molecule has 0 saturated carbocycles. The van der Waals surface area contributed by atoms with Crippen LogP contribution in [0.2, 0.25) is 0 Å². The Morgan fingerprint density at radius 3 is 1.80 bits per heavy atom. The molecule has 0 amide bonds. The van der Waals surface area contributed by atoms with Gasteiger partial charge < -0.3 is 74.4 Å². The first-order valence-electron chi connectivity index (χ1n) is 10.8. The summed E-state index contributed by atoms with van der Waals surface area (Å²) in [6.45, 7) is 0.583. The minimum absolute atomic E-state index is 0.778. The first-order valence-corrected chi connectivity index (χ1v) is 10.8. The van der Waals surface area contributed by atoms with Crippen LogP contribution in [-0.4, -0.2) is 158 Å². The largest absolute Gasteiger partial charge is 0.479 e. The van der Waals surface area contributed by atoms with Crippen LogP contribution in [0.5, 0.6) is 0 Å². The van der Waals surface area contributed by atoms with Crippen molar-refractivity contribution in [1.29, 1.82) is 0 Å². The summed E-state index contributed by atoms with van der Waals surface area (Å²) >= 11 is 0. The Hall–Kier alpha value is -1.09. The van der Waals surface area contributed by atoms with Gasteiger partial charge in [-0.15, -0.1) is 0 Å². The molecule has 3 fully saturated rings. The fourth-order valence-electron chi connectivity index (χ4n) is 4.14. The number of aliphatic hydroxyl groups is 8. The summed E-state index contributed by atoms with van der Waals surface area (Å²) in [7, 11) is 1.10. The molecule has 0 aliphatic carbocycles. The van der Waals surface area contributed by atoms with Crippen LogP contribution >= 0.6 is 0 Å². The van der Waals surface area contributed by atoms with Gasteiger partial charge in [-0.3, -0.25) is 0 Å². The van der Waals surface area contributed by atoms with Crippen LogP contribution in [0.3, 0.4) is 0 Å². The molecule has 16 heteroatoms. The summed E-state index contributed by atoms with van der Waals surface area (Å²) in [6, 6.07) is 0. The number of aliphatic carboxylic acids is 1. The number of carboxylic acid groups (broad SMARTS) is 1. The molecule has 9 unspecified atom stereocenters. The van der Waals surface area contributed by atoms with Gasteiger partial charge in [-0.2, -0.15) is 0 Å². The number of ether oxygens (including phenoxy) is 6. The van der Waals surface area contributed by atoms with Crippen molar-refractivity contribution in [3.8, 4) is 0 Å². The zero-order valence-electron chi connectivity index (χ0n) is 18.8. The number of hydrogen-bond acceptors (Lipinski definition) is 15. The van der Waals surface area contributed by atoms with E-state index in [-0.39, 0.29) is 0 Å². The maximum atomic E-state index is 12.0. The van der Waals surface area contributed by atoms with Gasteiger partial charge in [0.25, 0.3) is 0 Å². The van der Waals surface area contributed by atoms with Crippen molar-refractivity contribution < 1.29 is 79.2 Å². The van der Waals surface area contributed by atoms with Crippen LogP contribution in [0.4, 0.5) is 0 Å². The SMILES string of the molecule is CO[C@H]1OC(C(=O)O)[C@H](O[C@@H]2OC(C)[C@H](O)C(O)C2O)C(O[C@@H]2OC(CO)[C@H](O)C(O)C2O)C1O. The predicted octanol–water partition coefficient (Wildman–Crippen LogP) is -5.80. The lowest BCUT2D eigenvalue weighted by atomic mass is 9.95. The molecule has 35 heavy (non-hydrogen) atoms. The third kappa shape index (κ3) is 5.60. The first-order chi connectivity index (χ1) is 16.4. The van der Waals surface area contributed by atoms with Crippen LogP contribution in [0.15, 0.2) is 0 Å². The van der Waals surface area contributed by atoms with E-state index in [1.54, 1.807) is 0 Å². The van der Waals surface area contributed by atoms with E-state index in [1.165, 1.54) is 6.92 Å². The highest BCUT2D eigenvalue weighted by molar-refractivity contribution is 5.73. The average molecular weight is 516 g/mol. The van der Waals surface area contributed by atoms with Gasteiger partial charge >= 0.3 is 5.97 Å². The Morgan fingerprint density at radius 1 is 0.714 bits per heavy atom. The molecular formula is C19H32O16. The number of carboxylic acids is 1. The van der Waals surface area contributed by atoms with Crippen molar-refractivity contribution in [2.75, 3.05) is 13.7 Å². The maximum absolute atomic E-state index is 12.0. The smallest absolute Gasteiger partial charge is 0.335 e. The highest BCUT2D eigenvalue weighted by Gasteiger charge is 2.55. The fraction of sp³-hybridized carbons (Fsp3) is 0.947. The van der Waals surface area contributed by atoms with Crippen molar-refractivity contribution >= 4 is 5.97 Å². The molecule has 0 bridgehead atoms. The second kappa shape index (κ2) is 11.5. The lowest BCUT2D eigenvalue weighted by molar-refractivity contribution is -0.379. The third-order valence-electron chi connectivity index (χ3n) is 6.23. The molecule has 0 aromatic rings. The van der Waals surface area contributed by atoms with Crippen LogP contribution < -0.4 is 0 Å². The quantitative estimate of drug-likeness (QED) is 0.153. The number of rotatable bonds is 7. The van der Waals surface area contributed by atoms with Crippen molar-refractivity contribution in [2.45, 2.75) is 99.0 Å². The lowest BCUT2D eigenvalue weighted by Crippen LogP contribution is -2.67. The topological polar surface area (TPSA) is 255 Å². The van der Waals surface area contributed by atoms with Gasteiger partial charge in [-0.05, 0) is 6.92 Å². The number of carbonyl (C=O) groups is 1. The molecule has 3 aliphatic rings. The number of methoxy groups -OCH3 is 1. The molecule has 0 aromatic heterocycles. The van der Waals surface area contributed by atoms with E-state index in [0.29, 0.717) is 0 Å². The van der Waals surface area contributed by atoms with Gasteiger partial charge in [0.2, 0.25) is 0 Å². The molecule has 0 radical (unpaired) electrons. The highest BCUT2D eigenvalue weighted by atomic mass is 16.8. The monoisotopic (exact) mass is 516 g/mol. The summed E-state index contributed by atoms with van der Waals surface area (Å²) in [5.41, 5.74) is 0. The lowest BCUT2D eigenvalue weighted by Gasteiger charge is -2.48. The van der Waals surface area contributed by atoms with Gasteiger partial charge in [-0.1, -0.05) is 0 Å². The Balaban J connectivity index is 1.90. The van der Waals surface area contributed by atoms with Gasteiger partial charge in [0.05, 0.1) is 12.7 Å². The van der Waals surface area contributed by atoms with Crippen LogP contribution in [0.25, 0.3) is 0 Å². The summed E-state index contributed by atoms with van der Waals surface area (Å²) in [5.74, 6) is -1.61. The molecule has 3 aliphatic heterocycles. The Kier molecular flexibility index (Phi) is 9.38. The van der Waals surface area contributed by atoms with Crippen LogP contribution in [0, 0.1) is 0 Å². The highest BCUT2D eigenvalue weighted by Crippen LogP contribution is 2.33. The molecule has 3 saturated heterocycles. The van der Waals surface area contributed by atoms with E-state index >= 15 is 0 Å². The van der Waals surface area contributed by atoms with Gasteiger partial charge in [-0.25, -0.2) is 4.79 Å². The van der Waals surface area contributed by atoms with E-state index in [9.17, 15) is 50.8 Å². The molecule has 204 valence electrons. The van der Waals surface area contributed by atoms with E-state index < -0.39 is 105 Å². The molecule has 3 rings (SSSR count). The minimum atomic E-state index is -1.91. The molecule has 0 spiro atoms. The summed E-state index contributed by atoms with van der Waals surface area (Å²) in [6.07, 6.45) is -25.2. The Bertz CT molecular complexity index is 708. The second-order valence-electron chi connectivity index (χ2n) is 8.57. The molecule has 16 nitrogen and oxygen atoms in total. The minimum Gasteiger partial charge on any atom is -0.479 e. The third-order valence-corrected chi connectivity index (χ3v) is 6.23. The Labute approximate surface area is 198 Å². The van der Waals surface area contributed by atoms with E-state index in [1.807, 2.05) is 0 Å². The van der Waals surface area contributed by atoms with E-state index in [4.69, 9.17) is 28.4 Å². The molecule has 9 N–H and O–H groups in total. The second-order valence-corrected chi connectivity index (χ2v) is 8.57. The fourth-order valence-corrected chi connectivity index (χ4v) is 4.14. The van der Waals surface area contributed by atoms with Gasteiger partial charge in [0.15, 0.2) is 25.0 Å². The summed E-state index contributed by atoms with van der Waals surface area (Å²) in [5, 5.41) is 90.4.